The van der Waals surface area contributed by atoms with Gasteiger partial charge in [-0.05, 0) is 24.2 Å². The monoisotopic (exact) mass is 301 g/mol. The van der Waals surface area contributed by atoms with Crippen molar-refractivity contribution in [2.75, 3.05) is 13.2 Å². The summed E-state index contributed by atoms with van der Waals surface area (Å²) in [5.74, 6) is -1.98. The Morgan fingerprint density at radius 1 is 1.25 bits per heavy atom. The van der Waals surface area contributed by atoms with Crippen molar-refractivity contribution in [2.45, 2.75) is 19.5 Å². The molecule has 1 heterocycles. The predicted molar refractivity (Wildman–Crippen MR) is 68.0 cm³/mol. The molecule has 0 saturated heterocycles. The number of aromatic nitrogens is 1. The maximum absolute atomic E-state index is 11.7. The van der Waals surface area contributed by atoms with Gasteiger partial charge in [-0.1, -0.05) is 0 Å². The molecule has 0 aliphatic heterocycles. The van der Waals surface area contributed by atoms with Crippen molar-refractivity contribution in [3.8, 4) is 0 Å². The summed E-state index contributed by atoms with van der Waals surface area (Å²) < 4.78 is 9.29. The Kier molecular flexibility index (Phi) is 5.38. The lowest BCUT2D eigenvalue weighted by Crippen LogP contribution is -2.33. The van der Waals surface area contributed by atoms with E-state index in [-0.39, 0.29) is 23.9 Å². The highest BCUT2D eigenvalue weighted by atomic mass is 32.1. The number of hydrogen-bond acceptors (Lipinski definition) is 10. The van der Waals surface area contributed by atoms with Gasteiger partial charge >= 0.3 is 17.6 Å². The Hall–Kier alpha value is -2.23. The van der Waals surface area contributed by atoms with E-state index in [1.54, 1.807) is 6.92 Å². The molecule has 0 bridgehead atoms. The van der Waals surface area contributed by atoms with E-state index < -0.39 is 17.6 Å². The molecule has 0 fully saturated rings. The first kappa shape index (κ1) is 15.8. The van der Waals surface area contributed by atoms with Crippen molar-refractivity contribution in [2.24, 2.45) is 10.4 Å². The number of nitrogens with zero attached hydrogens (tertiary/aromatic N) is 3. The second-order valence-corrected chi connectivity index (χ2v) is 4.19. The zero-order chi connectivity index (χ0) is 15.2. The van der Waals surface area contributed by atoms with Gasteiger partial charge in [-0.25, -0.2) is 14.6 Å². The van der Waals surface area contributed by atoms with Gasteiger partial charge in [0.15, 0.2) is 0 Å². The average molecular weight is 301 g/mol. The number of carbonyl (C=O) groups is 2. The van der Waals surface area contributed by atoms with Crippen LogP contribution in [0.2, 0.25) is 0 Å². The van der Waals surface area contributed by atoms with Crippen molar-refractivity contribution >= 4 is 23.3 Å². The minimum atomic E-state index is -2.64. The third-order valence-electron chi connectivity index (χ3n) is 2.14. The Balaban J connectivity index is 3.17. The zero-order valence-corrected chi connectivity index (χ0v) is 11.5. The Labute approximate surface area is 117 Å². The number of thiazole rings is 1. The summed E-state index contributed by atoms with van der Waals surface area (Å²) in [6, 6.07) is 0. The van der Waals surface area contributed by atoms with Crippen LogP contribution < -0.4 is 0 Å². The molecule has 0 N–H and O–H groups in total. The van der Waals surface area contributed by atoms with Gasteiger partial charge in [0.2, 0.25) is 5.01 Å². The topological polar surface area (TPSA) is 124 Å². The van der Waals surface area contributed by atoms with Crippen LogP contribution in [0.4, 0.5) is 0 Å². The minimum Gasteiger partial charge on any atom is -0.462 e. The fourth-order valence-electron chi connectivity index (χ4n) is 1.24. The number of ether oxygens (including phenoxy) is 2. The second-order valence-electron chi connectivity index (χ2n) is 3.33. The lowest BCUT2D eigenvalue weighted by molar-refractivity contribution is -0.149. The summed E-state index contributed by atoms with van der Waals surface area (Å²) in [5, 5.41) is 5.90. The van der Waals surface area contributed by atoms with Gasteiger partial charge < -0.3 is 9.47 Å². The minimum absolute atomic E-state index is 0.0690. The van der Waals surface area contributed by atoms with E-state index in [2.05, 4.69) is 20.1 Å². The van der Waals surface area contributed by atoms with Gasteiger partial charge in [0.05, 0.1) is 13.2 Å². The molecular formula is C10H11N3O6S. The predicted octanol–water partition coefficient (Wildman–Crippen LogP) is 1.57. The lowest BCUT2D eigenvalue weighted by Gasteiger charge is -2.13. The Morgan fingerprint density at radius 2 is 1.85 bits per heavy atom. The maximum Gasteiger partial charge on any atom is 0.370 e. The normalized spacial score (nSPS) is 10.7. The van der Waals surface area contributed by atoms with Gasteiger partial charge in [-0.2, -0.15) is 0 Å². The Morgan fingerprint density at radius 3 is 2.35 bits per heavy atom. The van der Waals surface area contributed by atoms with E-state index in [9.17, 15) is 19.4 Å². The third kappa shape index (κ3) is 2.85. The van der Waals surface area contributed by atoms with Gasteiger partial charge in [0, 0.05) is 5.38 Å². The molecule has 0 amide bonds. The Bertz CT molecular complexity index is 521. The SMILES string of the molecule is CCOC(=O)c1nc(C(N=O)(N=O)C(=O)OCC)cs1. The molecule has 108 valence electrons. The highest BCUT2D eigenvalue weighted by molar-refractivity contribution is 7.11. The molecule has 0 unspecified atom stereocenters. The molecule has 1 aromatic heterocycles. The summed E-state index contributed by atoms with van der Waals surface area (Å²) in [7, 11) is 0. The number of rotatable bonds is 7. The zero-order valence-electron chi connectivity index (χ0n) is 10.7. The van der Waals surface area contributed by atoms with Crippen LogP contribution in [-0.4, -0.2) is 30.1 Å². The van der Waals surface area contributed by atoms with Gasteiger partial charge in [-0.3, -0.25) is 0 Å². The second kappa shape index (κ2) is 6.80. The summed E-state index contributed by atoms with van der Waals surface area (Å²) in [4.78, 5) is 48.6. The molecule has 0 aliphatic rings. The van der Waals surface area contributed by atoms with E-state index in [0.717, 1.165) is 16.7 Å². The van der Waals surface area contributed by atoms with Crippen molar-refractivity contribution in [1.29, 1.82) is 0 Å². The molecule has 10 heteroatoms. The first-order valence-electron chi connectivity index (χ1n) is 5.55. The van der Waals surface area contributed by atoms with Crippen LogP contribution in [0, 0.1) is 9.81 Å². The largest absolute Gasteiger partial charge is 0.462 e. The molecule has 0 aromatic carbocycles. The quantitative estimate of drug-likeness (QED) is 0.552. The number of nitroso groups, excluding NO2 is 2. The van der Waals surface area contributed by atoms with Crippen molar-refractivity contribution < 1.29 is 19.1 Å². The highest BCUT2D eigenvalue weighted by Gasteiger charge is 2.49. The van der Waals surface area contributed by atoms with Crippen LogP contribution in [-0.2, 0) is 19.9 Å². The van der Waals surface area contributed by atoms with Crippen molar-refractivity contribution in [3.05, 3.63) is 25.9 Å². The van der Waals surface area contributed by atoms with Crippen molar-refractivity contribution in [3.63, 3.8) is 0 Å². The standard InChI is InChI=1S/C10H11N3O6S/c1-3-18-8(14)7-11-6(5-20-7)10(12-16,13-17)9(15)19-4-2/h5H,3-4H2,1-2H3. The van der Waals surface area contributed by atoms with Crippen LogP contribution in [0.25, 0.3) is 0 Å². The highest BCUT2D eigenvalue weighted by Crippen LogP contribution is 2.30. The number of esters is 2. The van der Waals surface area contributed by atoms with Gasteiger partial charge in [-0.15, -0.1) is 21.2 Å². The van der Waals surface area contributed by atoms with Crippen LogP contribution in [0.15, 0.2) is 15.7 Å². The van der Waals surface area contributed by atoms with E-state index in [1.165, 1.54) is 6.92 Å². The lowest BCUT2D eigenvalue weighted by atomic mass is 10.1. The summed E-state index contributed by atoms with van der Waals surface area (Å²) in [6.45, 7) is 3.16. The molecule has 1 rings (SSSR count). The molecule has 0 aliphatic carbocycles. The molecule has 1 aromatic rings. The van der Waals surface area contributed by atoms with Crippen LogP contribution in [0.3, 0.4) is 0 Å². The first-order valence-corrected chi connectivity index (χ1v) is 6.43. The average Bonchev–Trinajstić information content (AvgIpc) is 2.92. The summed E-state index contributed by atoms with van der Waals surface area (Å²) in [5.41, 5.74) is -3.01. The van der Waals surface area contributed by atoms with E-state index in [1.807, 2.05) is 0 Å². The van der Waals surface area contributed by atoms with E-state index in [0.29, 0.717) is 0 Å². The summed E-state index contributed by atoms with van der Waals surface area (Å²) in [6.07, 6.45) is 0. The molecular weight excluding hydrogens is 290 g/mol. The fraction of sp³-hybridized carbons (Fsp3) is 0.500. The van der Waals surface area contributed by atoms with Crippen LogP contribution in [0.5, 0.6) is 0 Å². The molecule has 0 radical (unpaired) electrons. The molecule has 9 nitrogen and oxygen atoms in total. The third-order valence-corrected chi connectivity index (χ3v) is 2.96. The molecule has 0 atom stereocenters. The molecule has 0 saturated carbocycles. The molecule has 0 spiro atoms. The van der Waals surface area contributed by atoms with Crippen LogP contribution in [0.1, 0.15) is 29.3 Å². The van der Waals surface area contributed by atoms with Gasteiger partial charge in [0.1, 0.15) is 5.69 Å². The van der Waals surface area contributed by atoms with Crippen LogP contribution >= 0.6 is 11.3 Å². The fourth-order valence-corrected chi connectivity index (χ4v) is 1.99. The first-order chi connectivity index (χ1) is 9.55. The summed E-state index contributed by atoms with van der Waals surface area (Å²) >= 11 is 0.799. The maximum atomic E-state index is 11.7. The van der Waals surface area contributed by atoms with E-state index in [4.69, 9.17) is 4.74 Å². The number of hydrogen-bond donors (Lipinski definition) is 0. The smallest absolute Gasteiger partial charge is 0.370 e. The van der Waals surface area contributed by atoms with Gasteiger partial charge in [0.25, 0.3) is 0 Å². The van der Waals surface area contributed by atoms with E-state index >= 15 is 0 Å². The van der Waals surface area contributed by atoms with Crippen molar-refractivity contribution in [1.82, 2.24) is 4.98 Å². The molecule has 20 heavy (non-hydrogen) atoms. The number of carbonyl (C=O) groups excluding carboxylic acids is 2.